The number of ether oxygens (including phenoxy) is 1. The highest BCUT2D eigenvalue weighted by molar-refractivity contribution is 5.92. The number of amides is 1. The standard InChI is InChI=1S/C18H21FN2O2/c1-3-23-17-10-5-4-7-14(17)12-21(2)13-18(22)20-16-9-6-8-15(19)11-16/h4-11H,3,12-13H2,1-2H3,(H,20,22). The number of para-hydroxylation sites is 1. The lowest BCUT2D eigenvalue weighted by atomic mass is 10.2. The lowest BCUT2D eigenvalue weighted by Gasteiger charge is -2.18. The predicted octanol–water partition coefficient (Wildman–Crippen LogP) is 3.29. The van der Waals surface area contributed by atoms with E-state index in [1.807, 2.05) is 43.1 Å². The molecule has 2 aromatic carbocycles. The van der Waals surface area contributed by atoms with E-state index in [0.717, 1.165) is 11.3 Å². The number of benzene rings is 2. The molecular weight excluding hydrogens is 295 g/mol. The van der Waals surface area contributed by atoms with Crippen molar-refractivity contribution < 1.29 is 13.9 Å². The normalized spacial score (nSPS) is 10.6. The molecule has 0 saturated heterocycles. The summed E-state index contributed by atoms with van der Waals surface area (Å²) >= 11 is 0. The Hall–Kier alpha value is -2.40. The molecule has 1 N–H and O–H groups in total. The highest BCUT2D eigenvalue weighted by Gasteiger charge is 2.10. The van der Waals surface area contributed by atoms with Crippen LogP contribution in [0, 0.1) is 5.82 Å². The van der Waals surface area contributed by atoms with Crippen LogP contribution in [0.15, 0.2) is 48.5 Å². The lowest BCUT2D eigenvalue weighted by molar-refractivity contribution is -0.117. The van der Waals surface area contributed by atoms with Gasteiger partial charge < -0.3 is 10.1 Å². The molecular formula is C18H21FN2O2. The SMILES string of the molecule is CCOc1ccccc1CN(C)CC(=O)Nc1cccc(F)c1. The van der Waals surface area contributed by atoms with Gasteiger partial charge in [-0.25, -0.2) is 4.39 Å². The quantitative estimate of drug-likeness (QED) is 0.852. The first-order valence-electron chi connectivity index (χ1n) is 7.53. The summed E-state index contributed by atoms with van der Waals surface area (Å²) in [4.78, 5) is 13.9. The first-order valence-corrected chi connectivity index (χ1v) is 7.53. The third-order valence-corrected chi connectivity index (χ3v) is 3.23. The van der Waals surface area contributed by atoms with Crippen LogP contribution in [-0.2, 0) is 11.3 Å². The maximum atomic E-state index is 13.1. The van der Waals surface area contributed by atoms with Gasteiger partial charge in [0.25, 0.3) is 0 Å². The van der Waals surface area contributed by atoms with E-state index in [4.69, 9.17) is 4.74 Å². The van der Waals surface area contributed by atoms with Crippen molar-refractivity contribution in [3.8, 4) is 5.75 Å². The summed E-state index contributed by atoms with van der Waals surface area (Å²) in [5.74, 6) is 0.265. The summed E-state index contributed by atoms with van der Waals surface area (Å²) in [5, 5.41) is 2.69. The molecule has 0 radical (unpaired) electrons. The third-order valence-electron chi connectivity index (χ3n) is 3.23. The predicted molar refractivity (Wildman–Crippen MR) is 89.0 cm³/mol. The van der Waals surface area contributed by atoms with E-state index in [1.54, 1.807) is 12.1 Å². The molecule has 0 aliphatic carbocycles. The zero-order valence-electron chi connectivity index (χ0n) is 13.4. The Bertz CT molecular complexity index is 661. The minimum absolute atomic E-state index is 0.188. The number of nitrogens with one attached hydrogen (secondary N) is 1. The average Bonchev–Trinajstić information content (AvgIpc) is 2.49. The molecule has 0 atom stereocenters. The van der Waals surface area contributed by atoms with Crippen LogP contribution < -0.4 is 10.1 Å². The summed E-state index contributed by atoms with van der Waals surface area (Å²) in [6, 6.07) is 13.6. The fourth-order valence-corrected chi connectivity index (χ4v) is 2.29. The van der Waals surface area contributed by atoms with E-state index in [9.17, 15) is 9.18 Å². The number of carbonyl (C=O) groups excluding carboxylic acids is 1. The van der Waals surface area contributed by atoms with Crippen molar-refractivity contribution in [3.05, 3.63) is 59.9 Å². The molecule has 0 aliphatic heterocycles. The molecule has 0 saturated carbocycles. The molecule has 0 unspecified atom stereocenters. The molecule has 2 aromatic rings. The Morgan fingerprint density at radius 3 is 2.74 bits per heavy atom. The second-order valence-electron chi connectivity index (χ2n) is 5.27. The van der Waals surface area contributed by atoms with Crippen molar-refractivity contribution in [2.75, 3.05) is 25.5 Å². The third kappa shape index (κ3) is 5.38. The molecule has 122 valence electrons. The van der Waals surface area contributed by atoms with Gasteiger partial charge in [0.05, 0.1) is 13.2 Å². The molecule has 2 rings (SSSR count). The molecule has 0 spiro atoms. The van der Waals surface area contributed by atoms with E-state index in [2.05, 4.69) is 5.32 Å². The zero-order chi connectivity index (χ0) is 16.7. The molecule has 0 aromatic heterocycles. The summed E-state index contributed by atoms with van der Waals surface area (Å²) < 4.78 is 18.7. The topological polar surface area (TPSA) is 41.6 Å². The van der Waals surface area contributed by atoms with Gasteiger partial charge in [-0.1, -0.05) is 24.3 Å². The van der Waals surface area contributed by atoms with Crippen LogP contribution in [0.2, 0.25) is 0 Å². The van der Waals surface area contributed by atoms with Crippen LogP contribution in [0.1, 0.15) is 12.5 Å². The largest absolute Gasteiger partial charge is 0.494 e. The van der Waals surface area contributed by atoms with E-state index in [0.29, 0.717) is 18.8 Å². The highest BCUT2D eigenvalue weighted by Crippen LogP contribution is 2.19. The van der Waals surface area contributed by atoms with Crippen LogP contribution in [0.4, 0.5) is 10.1 Å². The number of anilines is 1. The number of hydrogen-bond donors (Lipinski definition) is 1. The number of likely N-dealkylation sites (N-methyl/N-ethyl adjacent to an activating group) is 1. The van der Waals surface area contributed by atoms with Crippen LogP contribution in [0.25, 0.3) is 0 Å². The Labute approximate surface area is 135 Å². The van der Waals surface area contributed by atoms with Gasteiger partial charge in [0.1, 0.15) is 11.6 Å². The van der Waals surface area contributed by atoms with Crippen LogP contribution in [0.3, 0.4) is 0 Å². The van der Waals surface area contributed by atoms with Gasteiger partial charge >= 0.3 is 0 Å². The maximum absolute atomic E-state index is 13.1. The second-order valence-corrected chi connectivity index (χ2v) is 5.27. The van der Waals surface area contributed by atoms with Gasteiger partial charge in [-0.2, -0.15) is 0 Å². The summed E-state index contributed by atoms with van der Waals surface area (Å²) in [7, 11) is 1.86. The molecule has 23 heavy (non-hydrogen) atoms. The van der Waals surface area contributed by atoms with E-state index in [1.165, 1.54) is 12.1 Å². The average molecular weight is 316 g/mol. The van der Waals surface area contributed by atoms with E-state index in [-0.39, 0.29) is 18.3 Å². The molecule has 0 heterocycles. The van der Waals surface area contributed by atoms with Gasteiger partial charge in [-0.05, 0) is 38.2 Å². The van der Waals surface area contributed by atoms with Crippen LogP contribution in [0.5, 0.6) is 5.75 Å². The summed E-state index contributed by atoms with van der Waals surface area (Å²) in [5.41, 5.74) is 1.48. The molecule has 0 bridgehead atoms. The molecule has 4 nitrogen and oxygen atoms in total. The Balaban J connectivity index is 1.91. The van der Waals surface area contributed by atoms with Crippen molar-refractivity contribution >= 4 is 11.6 Å². The molecule has 0 aliphatic rings. The number of nitrogens with zero attached hydrogens (tertiary/aromatic N) is 1. The molecule has 5 heteroatoms. The van der Waals surface area contributed by atoms with Crippen molar-refractivity contribution in [2.45, 2.75) is 13.5 Å². The van der Waals surface area contributed by atoms with Crippen LogP contribution in [-0.4, -0.2) is 31.0 Å². The minimum Gasteiger partial charge on any atom is -0.494 e. The maximum Gasteiger partial charge on any atom is 0.238 e. The Kier molecular flexibility index (Phi) is 6.11. The monoisotopic (exact) mass is 316 g/mol. The lowest BCUT2D eigenvalue weighted by Crippen LogP contribution is -2.30. The number of halogens is 1. The first kappa shape index (κ1) is 17.0. The van der Waals surface area contributed by atoms with Gasteiger partial charge in [0.2, 0.25) is 5.91 Å². The van der Waals surface area contributed by atoms with Crippen LogP contribution >= 0.6 is 0 Å². The number of rotatable bonds is 7. The molecule has 0 fully saturated rings. The fourth-order valence-electron chi connectivity index (χ4n) is 2.29. The van der Waals surface area contributed by atoms with Crippen molar-refractivity contribution in [3.63, 3.8) is 0 Å². The second kappa shape index (κ2) is 8.29. The van der Waals surface area contributed by atoms with Gasteiger partial charge in [-0.3, -0.25) is 9.69 Å². The summed E-state index contributed by atoms with van der Waals surface area (Å²) in [6.07, 6.45) is 0. The summed E-state index contributed by atoms with van der Waals surface area (Å²) in [6.45, 7) is 3.33. The number of carbonyl (C=O) groups is 1. The minimum atomic E-state index is -0.373. The Morgan fingerprint density at radius 1 is 1.22 bits per heavy atom. The van der Waals surface area contributed by atoms with E-state index >= 15 is 0 Å². The molecule has 1 amide bonds. The van der Waals surface area contributed by atoms with Crippen molar-refractivity contribution in [2.24, 2.45) is 0 Å². The van der Waals surface area contributed by atoms with Crippen molar-refractivity contribution in [1.82, 2.24) is 4.90 Å². The van der Waals surface area contributed by atoms with Gasteiger partial charge in [-0.15, -0.1) is 0 Å². The highest BCUT2D eigenvalue weighted by atomic mass is 19.1. The fraction of sp³-hybridized carbons (Fsp3) is 0.278. The van der Waals surface area contributed by atoms with Crippen molar-refractivity contribution in [1.29, 1.82) is 0 Å². The van der Waals surface area contributed by atoms with E-state index < -0.39 is 0 Å². The first-order chi connectivity index (χ1) is 11.1. The van der Waals surface area contributed by atoms with Gasteiger partial charge in [0.15, 0.2) is 0 Å². The smallest absolute Gasteiger partial charge is 0.238 e. The zero-order valence-corrected chi connectivity index (χ0v) is 13.4. The number of hydrogen-bond acceptors (Lipinski definition) is 3. The van der Waals surface area contributed by atoms with Gasteiger partial charge in [0, 0.05) is 17.8 Å². The Morgan fingerprint density at radius 2 is 2.00 bits per heavy atom.